The van der Waals surface area contributed by atoms with Gasteiger partial charge in [0.15, 0.2) is 0 Å². The summed E-state index contributed by atoms with van der Waals surface area (Å²) in [4.78, 5) is 29.0. The molecule has 0 atom stereocenters. The Morgan fingerprint density at radius 3 is 2.43 bits per heavy atom. The molecule has 1 aliphatic rings. The molecule has 2 heterocycles. The molecule has 1 saturated heterocycles. The molecule has 0 saturated carbocycles. The van der Waals surface area contributed by atoms with Crippen molar-refractivity contribution in [3.8, 4) is 0 Å². The lowest BCUT2D eigenvalue weighted by atomic mass is 9.74. The van der Waals surface area contributed by atoms with Crippen LogP contribution in [0.15, 0.2) is 18.3 Å². The average Bonchev–Trinajstić information content (AvgIpc) is 2.54. The lowest BCUT2D eigenvalue weighted by Gasteiger charge is -2.41. The Bertz CT molecular complexity index is 528. The maximum absolute atomic E-state index is 12.5. The summed E-state index contributed by atoms with van der Waals surface area (Å²) in [6.07, 6.45) is 5.70. The van der Waals surface area contributed by atoms with Crippen molar-refractivity contribution in [2.75, 3.05) is 13.1 Å². The third-order valence-electron chi connectivity index (χ3n) is 4.84. The van der Waals surface area contributed by atoms with Gasteiger partial charge in [-0.2, -0.15) is 0 Å². The third kappa shape index (κ3) is 3.23. The number of aromatic carboxylic acids is 1. The minimum Gasteiger partial charge on any atom is -0.477 e. The minimum atomic E-state index is -1.11. The molecule has 0 aromatic carbocycles. The monoisotopic (exact) mass is 290 g/mol. The van der Waals surface area contributed by atoms with Gasteiger partial charge in [-0.1, -0.05) is 26.7 Å². The van der Waals surface area contributed by atoms with Crippen LogP contribution in [0.3, 0.4) is 0 Å². The van der Waals surface area contributed by atoms with Gasteiger partial charge in [-0.15, -0.1) is 0 Å². The number of rotatable bonds is 4. The predicted molar refractivity (Wildman–Crippen MR) is 79.3 cm³/mol. The fourth-order valence-electron chi connectivity index (χ4n) is 3.00. The molecule has 0 bridgehead atoms. The Morgan fingerprint density at radius 2 is 1.90 bits per heavy atom. The van der Waals surface area contributed by atoms with Gasteiger partial charge in [0.2, 0.25) is 0 Å². The SMILES string of the molecule is CCC1(CC)CCN(C(=O)c2ccnc(C(=O)O)c2)CC1. The Hall–Kier alpha value is -1.91. The molecule has 5 heteroatoms. The van der Waals surface area contributed by atoms with Gasteiger partial charge in [0.1, 0.15) is 5.69 Å². The summed E-state index contributed by atoms with van der Waals surface area (Å²) in [6.45, 7) is 5.91. The molecule has 21 heavy (non-hydrogen) atoms. The Labute approximate surface area is 125 Å². The van der Waals surface area contributed by atoms with E-state index < -0.39 is 5.97 Å². The number of piperidine rings is 1. The van der Waals surface area contributed by atoms with Crippen molar-refractivity contribution in [2.24, 2.45) is 5.41 Å². The van der Waals surface area contributed by atoms with Gasteiger partial charge in [0.25, 0.3) is 5.91 Å². The van der Waals surface area contributed by atoms with Gasteiger partial charge < -0.3 is 10.0 Å². The molecule has 1 N–H and O–H groups in total. The van der Waals surface area contributed by atoms with Crippen LogP contribution in [0.25, 0.3) is 0 Å². The summed E-state index contributed by atoms with van der Waals surface area (Å²) in [5.41, 5.74) is 0.679. The molecular formula is C16H22N2O3. The van der Waals surface area contributed by atoms with E-state index in [-0.39, 0.29) is 11.6 Å². The van der Waals surface area contributed by atoms with Gasteiger partial charge >= 0.3 is 5.97 Å². The van der Waals surface area contributed by atoms with Crippen LogP contribution in [0.2, 0.25) is 0 Å². The largest absolute Gasteiger partial charge is 0.477 e. The molecule has 0 spiro atoms. The van der Waals surface area contributed by atoms with E-state index in [1.54, 1.807) is 6.07 Å². The number of carbonyl (C=O) groups is 2. The molecule has 1 amide bonds. The summed E-state index contributed by atoms with van der Waals surface area (Å²) < 4.78 is 0. The van der Waals surface area contributed by atoms with Gasteiger partial charge in [0.05, 0.1) is 0 Å². The highest BCUT2D eigenvalue weighted by Gasteiger charge is 2.33. The molecule has 1 aromatic heterocycles. The quantitative estimate of drug-likeness (QED) is 0.925. The normalized spacial score (nSPS) is 17.5. The van der Waals surface area contributed by atoms with Gasteiger partial charge in [-0.05, 0) is 30.4 Å². The summed E-state index contributed by atoms with van der Waals surface area (Å²) >= 11 is 0. The van der Waals surface area contributed by atoms with Crippen molar-refractivity contribution < 1.29 is 14.7 Å². The van der Waals surface area contributed by atoms with Crippen molar-refractivity contribution in [3.05, 3.63) is 29.6 Å². The molecule has 1 aliphatic heterocycles. The van der Waals surface area contributed by atoms with Gasteiger partial charge in [0, 0.05) is 24.8 Å². The van der Waals surface area contributed by atoms with Crippen molar-refractivity contribution in [3.63, 3.8) is 0 Å². The topological polar surface area (TPSA) is 70.5 Å². The van der Waals surface area contributed by atoms with Crippen LogP contribution in [0.4, 0.5) is 0 Å². The van der Waals surface area contributed by atoms with E-state index in [0.717, 1.165) is 38.8 Å². The number of hydrogen-bond acceptors (Lipinski definition) is 3. The fourth-order valence-corrected chi connectivity index (χ4v) is 3.00. The van der Waals surface area contributed by atoms with Gasteiger partial charge in [-0.3, -0.25) is 4.79 Å². The smallest absolute Gasteiger partial charge is 0.354 e. The zero-order valence-electron chi connectivity index (χ0n) is 12.6. The number of aromatic nitrogens is 1. The number of pyridine rings is 1. The highest BCUT2D eigenvalue weighted by Crippen LogP contribution is 2.38. The Kier molecular flexibility index (Phi) is 4.60. The van der Waals surface area contributed by atoms with E-state index in [1.165, 1.54) is 12.3 Å². The maximum atomic E-state index is 12.5. The first-order valence-electron chi connectivity index (χ1n) is 7.50. The summed E-state index contributed by atoms with van der Waals surface area (Å²) in [5, 5.41) is 8.95. The second kappa shape index (κ2) is 6.24. The van der Waals surface area contributed by atoms with E-state index >= 15 is 0 Å². The van der Waals surface area contributed by atoms with Crippen molar-refractivity contribution in [1.82, 2.24) is 9.88 Å². The molecule has 1 aromatic rings. The molecule has 1 fully saturated rings. The van der Waals surface area contributed by atoms with Crippen LogP contribution in [0.1, 0.15) is 60.4 Å². The first-order chi connectivity index (χ1) is 10.0. The lowest BCUT2D eigenvalue weighted by Crippen LogP contribution is -2.42. The Balaban J connectivity index is 2.08. The molecular weight excluding hydrogens is 268 g/mol. The molecule has 2 rings (SSSR count). The van der Waals surface area contributed by atoms with Crippen molar-refractivity contribution in [1.29, 1.82) is 0 Å². The Morgan fingerprint density at radius 1 is 1.29 bits per heavy atom. The zero-order valence-corrected chi connectivity index (χ0v) is 12.6. The summed E-state index contributed by atoms with van der Waals surface area (Å²) in [6, 6.07) is 2.93. The number of amides is 1. The second-order valence-corrected chi connectivity index (χ2v) is 5.73. The lowest BCUT2D eigenvalue weighted by molar-refractivity contribution is 0.0557. The summed E-state index contributed by atoms with van der Waals surface area (Å²) in [5.74, 6) is -1.21. The first-order valence-corrected chi connectivity index (χ1v) is 7.50. The number of hydrogen-bond donors (Lipinski definition) is 1. The molecule has 0 radical (unpaired) electrons. The third-order valence-corrected chi connectivity index (χ3v) is 4.84. The average molecular weight is 290 g/mol. The standard InChI is InChI=1S/C16H22N2O3/c1-3-16(4-2)6-9-18(10-7-16)14(19)12-5-8-17-13(11-12)15(20)21/h5,8,11H,3-4,6-7,9-10H2,1-2H3,(H,20,21). The molecule has 114 valence electrons. The van der Waals surface area contributed by atoms with Crippen molar-refractivity contribution >= 4 is 11.9 Å². The first kappa shape index (κ1) is 15.5. The van der Waals surface area contributed by atoms with E-state index in [4.69, 9.17) is 5.11 Å². The van der Waals surface area contributed by atoms with Crippen LogP contribution in [-0.4, -0.2) is 40.0 Å². The summed E-state index contributed by atoms with van der Waals surface area (Å²) in [7, 11) is 0. The number of likely N-dealkylation sites (tertiary alicyclic amines) is 1. The van der Waals surface area contributed by atoms with E-state index in [0.29, 0.717) is 11.0 Å². The van der Waals surface area contributed by atoms with Gasteiger partial charge in [-0.25, -0.2) is 9.78 Å². The molecule has 0 unspecified atom stereocenters. The van der Waals surface area contributed by atoms with E-state index in [2.05, 4.69) is 18.8 Å². The minimum absolute atomic E-state index is 0.0886. The van der Waals surface area contributed by atoms with Crippen LogP contribution in [0, 0.1) is 5.41 Å². The number of carbonyl (C=O) groups excluding carboxylic acids is 1. The molecule has 5 nitrogen and oxygen atoms in total. The number of carboxylic acids is 1. The highest BCUT2D eigenvalue weighted by atomic mass is 16.4. The van der Waals surface area contributed by atoms with E-state index in [1.807, 2.05) is 4.90 Å². The van der Waals surface area contributed by atoms with Crippen LogP contribution >= 0.6 is 0 Å². The predicted octanol–water partition coefficient (Wildman–Crippen LogP) is 2.82. The number of nitrogens with zero attached hydrogens (tertiary/aromatic N) is 2. The fraction of sp³-hybridized carbons (Fsp3) is 0.562. The van der Waals surface area contributed by atoms with Crippen molar-refractivity contribution in [2.45, 2.75) is 39.5 Å². The van der Waals surface area contributed by atoms with Crippen LogP contribution < -0.4 is 0 Å². The zero-order chi connectivity index (χ0) is 15.5. The maximum Gasteiger partial charge on any atom is 0.354 e. The second-order valence-electron chi connectivity index (χ2n) is 5.73. The molecule has 0 aliphatic carbocycles. The highest BCUT2D eigenvalue weighted by molar-refractivity contribution is 5.96. The van der Waals surface area contributed by atoms with E-state index in [9.17, 15) is 9.59 Å². The number of carboxylic acid groups (broad SMARTS) is 1. The van der Waals surface area contributed by atoms with Crippen LogP contribution in [0.5, 0.6) is 0 Å². The van der Waals surface area contributed by atoms with Crippen LogP contribution in [-0.2, 0) is 0 Å².